The molecule has 0 N–H and O–H groups in total. The van der Waals surface area contributed by atoms with E-state index >= 15 is 0 Å². The molecule has 29 heavy (non-hydrogen) atoms. The SMILES string of the molecule is Cc1ccccc1[C@H]1[C@@H]2CN(C(=O)CN3CCCC3)C[C@@H]2CN1C(=O)CN(C)C. The molecule has 3 atom stereocenters. The van der Waals surface area contributed by atoms with Gasteiger partial charge in [-0.3, -0.25) is 14.5 Å². The van der Waals surface area contributed by atoms with Gasteiger partial charge in [-0.15, -0.1) is 0 Å². The lowest BCUT2D eigenvalue weighted by Gasteiger charge is -2.32. The van der Waals surface area contributed by atoms with Crippen molar-refractivity contribution in [2.24, 2.45) is 11.8 Å². The van der Waals surface area contributed by atoms with Crippen LogP contribution in [-0.4, -0.2) is 91.3 Å². The molecule has 0 aromatic heterocycles. The van der Waals surface area contributed by atoms with Crippen LogP contribution < -0.4 is 0 Å². The summed E-state index contributed by atoms with van der Waals surface area (Å²) in [6.45, 7) is 7.51. The highest BCUT2D eigenvalue weighted by molar-refractivity contribution is 5.80. The lowest BCUT2D eigenvalue weighted by Crippen LogP contribution is -2.43. The maximum absolute atomic E-state index is 13.0. The van der Waals surface area contributed by atoms with E-state index in [-0.39, 0.29) is 17.9 Å². The van der Waals surface area contributed by atoms with Crippen molar-refractivity contribution < 1.29 is 9.59 Å². The molecule has 0 saturated carbocycles. The van der Waals surface area contributed by atoms with Crippen LogP contribution in [0.4, 0.5) is 0 Å². The second kappa shape index (κ2) is 8.44. The molecule has 4 rings (SSSR count). The second-order valence-electron chi connectivity index (χ2n) is 9.29. The van der Waals surface area contributed by atoms with Crippen molar-refractivity contribution in [2.45, 2.75) is 25.8 Å². The van der Waals surface area contributed by atoms with Gasteiger partial charge in [0.05, 0.1) is 19.1 Å². The Hall–Kier alpha value is -1.92. The summed E-state index contributed by atoms with van der Waals surface area (Å²) in [5, 5.41) is 0. The van der Waals surface area contributed by atoms with E-state index in [1.54, 1.807) is 0 Å². The smallest absolute Gasteiger partial charge is 0.237 e. The Labute approximate surface area is 174 Å². The van der Waals surface area contributed by atoms with Crippen molar-refractivity contribution in [1.29, 1.82) is 0 Å². The van der Waals surface area contributed by atoms with Gasteiger partial charge in [-0.2, -0.15) is 0 Å². The first-order valence-electron chi connectivity index (χ1n) is 10.9. The zero-order valence-electron chi connectivity index (χ0n) is 18.0. The van der Waals surface area contributed by atoms with Crippen molar-refractivity contribution in [2.75, 3.05) is 59.9 Å². The molecule has 3 saturated heterocycles. The number of rotatable bonds is 5. The molecular weight excluding hydrogens is 364 g/mol. The maximum atomic E-state index is 13.0. The summed E-state index contributed by atoms with van der Waals surface area (Å²) in [4.78, 5) is 34.3. The average molecular weight is 399 g/mol. The number of hydrogen-bond donors (Lipinski definition) is 0. The van der Waals surface area contributed by atoms with Crippen LogP contribution in [0.3, 0.4) is 0 Å². The summed E-state index contributed by atoms with van der Waals surface area (Å²) >= 11 is 0. The van der Waals surface area contributed by atoms with Crippen molar-refractivity contribution in [3.63, 3.8) is 0 Å². The minimum absolute atomic E-state index is 0.0678. The van der Waals surface area contributed by atoms with Gasteiger partial charge in [-0.25, -0.2) is 0 Å². The number of likely N-dealkylation sites (N-methyl/N-ethyl adjacent to an activating group) is 1. The van der Waals surface area contributed by atoms with Gasteiger partial charge < -0.3 is 14.7 Å². The van der Waals surface area contributed by atoms with E-state index in [2.05, 4.69) is 45.9 Å². The molecule has 6 heteroatoms. The fourth-order valence-corrected chi connectivity index (χ4v) is 5.42. The zero-order chi connectivity index (χ0) is 20.5. The van der Waals surface area contributed by atoms with Crippen LogP contribution in [0.1, 0.15) is 30.0 Å². The molecule has 2 amide bonds. The maximum Gasteiger partial charge on any atom is 0.237 e. The molecule has 0 aliphatic carbocycles. The standard InChI is InChI=1S/C23H34N4O2/c1-17-8-4-5-9-19(17)23-20-14-26(21(28)16-25-10-6-7-11-25)12-18(20)13-27(23)22(29)15-24(2)3/h4-5,8-9,18,20,23H,6-7,10-16H2,1-3H3/t18-,20-,23+/m1/s1. The average Bonchev–Trinajstić information content (AvgIpc) is 3.37. The summed E-state index contributed by atoms with van der Waals surface area (Å²) in [6.07, 6.45) is 2.41. The topological polar surface area (TPSA) is 47.1 Å². The fourth-order valence-electron chi connectivity index (χ4n) is 5.42. The van der Waals surface area contributed by atoms with Gasteiger partial charge in [0.15, 0.2) is 0 Å². The van der Waals surface area contributed by atoms with Crippen LogP contribution >= 0.6 is 0 Å². The molecule has 3 aliphatic heterocycles. The van der Waals surface area contributed by atoms with Crippen molar-refractivity contribution in [3.05, 3.63) is 35.4 Å². The Morgan fingerprint density at radius 1 is 1.03 bits per heavy atom. The van der Waals surface area contributed by atoms with Crippen LogP contribution in [0.25, 0.3) is 0 Å². The number of likely N-dealkylation sites (tertiary alicyclic amines) is 3. The first kappa shape index (κ1) is 20.4. The van der Waals surface area contributed by atoms with E-state index in [4.69, 9.17) is 0 Å². The van der Waals surface area contributed by atoms with E-state index in [1.165, 1.54) is 24.0 Å². The lowest BCUT2D eigenvalue weighted by molar-refractivity contribution is -0.134. The van der Waals surface area contributed by atoms with E-state index in [1.807, 2.05) is 19.0 Å². The third-order valence-corrected chi connectivity index (χ3v) is 6.85. The molecule has 0 radical (unpaired) electrons. The molecule has 3 fully saturated rings. The second-order valence-corrected chi connectivity index (χ2v) is 9.29. The first-order chi connectivity index (χ1) is 13.9. The van der Waals surface area contributed by atoms with E-state index in [0.29, 0.717) is 24.9 Å². The number of nitrogens with zero attached hydrogens (tertiary/aromatic N) is 4. The van der Waals surface area contributed by atoms with Gasteiger partial charge >= 0.3 is 0 Å². The highest BCUT2D eigenvalue weighted by atomic mass is 16.2. The van der Waals surface area contributed by atoms with Crippen molar-refractivity contribution in [3.8, 4) is 0 Å². The van der Waals surface area contributed by atoms with Crippen LogP contribution in [0.15, 0.2) is 24.3 Å². The Kier molecular flexibility index (Phi) is 5.93. The van der Waals surface area contributed by atoms with E-state index < -0.39 is 0 Å². The van der Waals surface area contributed by atoms with Gasteiger partial charge in [0.1, 0.15) is 0 Å². The van der Waals surface area contributed by atoms with Crippen LogP contribution in [0.2, 0.25) is 0 Å². The molecule has 3 heterocycles. The summed E-state index contributed by atoms with van der Waals surface area (Å²) in [6, 6.07) is 8.47. The molecule has 6 nitrogen and oxygen atoms in total. The summed E-state index contributed by atoms with van der Waals surface area (Å²) in [5.74, 6) is 1.14. The van der Waals surface area contributed by atoms with Gasteiger partial charge in [-0.05, 0) is 58.1 Å². The molecule has 158 valence electrons. The number of benzene rings is 1. The molecule has 3 aliphatic rings. The minimum atomic E-state index is 0.0678. The molecule has 0 spiro atoms. The third kappa shape index (κ3) is 4.19. The highest BCUT2D eigenvalue weighted by Crippen LogP contribution is 2.45. The van der Waals surface area contributed by atoms with E-state index in [0.717, 1.165) is 32.7 Å². The van der Waals surface area contributed by atoms with Crippen LogP contribution in [0.5, 0.6) is 0 Å². The quantitative estimate of drug-likeness (QED) is 0.756. The predicted octanol–water partition coefficient (Wildman–Crippen LogP) is 1.61. The summed E-state index contributed by atoms with van der Waals surface area (Å²) < 4.78 is 0. The van der Waals surface area contributed by atoms with Gasteiger partial charge in [0.2, 0.25) is 11.8 Å². The number of carbonyl (C=O) groups excluding carboxylic acids is 2. The van der Waals surface area contributed by atoms with Gasteiger partial charge in [-0.1, -0.05) is 24.3 Å². The number of carbonyl (C=O) groups is 2. The van der Waals surface area contributed by atoms with Gasteiger partial charge in [0.25, 0.3) is 0 Å². The number of amides is 2. The summed E-state index contributed by atoms with van der Waals surface area (Å²) in [7, 11) is 3.88. The largest absolute Gasteiger partial charge is 0.341 e. The Morgan fingerprint density at radius 2 is 1.76 bits per heavy atom. The van der Waals surface area contributed by atoms with Crippen LogP contribution in [0, 0.1) is 18.8 Å². The number of aryl methyl sites for hydroxylation is 1. The lowest BCUT2D eigenvalue weighted by atomic mass is 9.87. The molecular formula is C23H34N4O2. The Bertz CT molecular complexity index is 759. The van der Waals surface area contributed by atoms with Crippen LogP contribution in [-0.2, 0) is 9.59 Å². The number of hydrogen-bond acceptors (Lipinski definition) is 4. The fraction of sp³-hybridized carbons (Fsp3) is 0.652. The Balaban J connectivity index is 1.53. The Morgan fingerprint density at radius 3 is 2.45 bits per heavy atom. The predicted molar refractivity (Wildman–Crippen MR) is 113 cm³/mol. The third-order valence-electron chi connectivity index (χ3n) is 6.85. The van der Waals surface area contributed by atoms with E-state index in [9.17, 15) is 9.59 Å². The van der Waals surface area contributed by atoms with Gasteiger partial charge in [0, 0.05) is 31.5 Å². The number of fused-ring (bicyclic) bond motifs is 1. The molecule has 0 unspecified atom stereocenters. The normalized spacial score (nSPS) is 27.1. The van der Waals surface area contributed by atoms with Crippen molar-refractivity contribution in [1.82, 2.24) is 19.6 Å². The molecule has 0 bridgehead atoms. The zero-order valence-corrected chi connectivity index (χ0v) is 18.0. The summed E-state index contributed by atoms with van der Waals surface area (Å²) in [5.41, 5.74) is 2.46. The van der Waals surface area contributed by atoms with Crippen molar-refractivity contribution >= 4 is 11.8 Å². The molecule has 1 aromatic carbocycles. The minimum Gasteiger partial charge on any atom is -0.341 e. The highest BCUT2D eigenvalue weighted by Gasteiger charge is 2.50. The molecule has 1 aromatic rings. The monoisotopic (exact) mass is 398 g/mol. The first-order valence-corrected chi connectivity index (χ1v) is 10.9.